The number of ether oxygens (including phenoxy) is 1. The smallest absolute Gasteiger partial charge is 0.266 e. The van der Waals surface area contributed by atoms with Crippen molar-refractivity contribution in [1.29, 1.82) is 5.26 Å². The SMILES string of the molecule is Cc1cc(C)cc(COc2ccc(/C=C(\C#N)C(=O)Nc3ccc(Cl)cc3)cc2Cl)c1. The molecule has 0 heterocycles. The number of halogens is 2. The number of anilines is 1. The van der Waals surface area contributed by atoms with Crippen LogP contribution in [0.1, 0.15) is 22.3 Å². The van der Waals surface area contributed by atoms with E-state index < -0.39 is 5.91 Å². The largest absolute Gasteiger partial charge is 0.487 e. The van der Waals surface area contributed by atoms with Crippen molar-refractivity contribution in [3.63, 3.8) is 0 Å². The summed E-state index contributed by atoms with van der Waals surface area (Å²) in [6.45, 7) is 4.48. The molecule has 0 saturated heterocycles. The third kappa shape index (κ3) is 6.36. The van der Waals surface area contributed by atoms with Gasteiger partial charge in [-0.2, -0.15) is 5.26 Å². The van der Waals surface area contributed by atoms with E-state index in [-0.39, 0.29) is 5.57 Å². The molecule has 0 radical (unpaired) electrons. The van der Waals surface area contributed by atoms with Gasteiger partial charge in [-0.3, -0.25) is 4.79 Å². The molecule has 0 aliphatic rings. The normalized spacial score (nSPS) is 11.0. The van der Waals surface area contributed by atoms with Gasteiger partial charge in [-0.05, 0) is 67.4 Å². The van der Waals surface area contributed by atoms with Gasteiger partial charge in [0, 0.05) is 10.7 Å². The highest BCUT2D eigenvalue weighted by molar-refractivity contribution is 6.32. The van der Waals surface area contributed by atoms with E-state index >= 15 is 0 Å². The predicted molar refractivity (Wildman–Crippen MR) is 125 cm³/mol. The third-order valence-electron chi connectivity index (χ3n) is 4.41. The number of hydrogen-bond acceptors (Lipinski definition) is 3. The second-order valence-electron chi connectivity index (χ2n) is 7.11. The van der Waals surface area contributed by atoms with Crippen LogP contribution in [0.4, 0.5) is 5.69 Å². The molecule has 0 aliphatic heterocycles. The molecule has 6 heteroatoms. The number of rotatable bonds is 6. The summed E-state index contributed by atoms with van der Waals surface area (Å²) in [6, 6.07) is 19.9. The summed E-state index contributed by atoms with van der Waals surface area (Å²) in [6.07, 6.45) is 1.48. The molecule has 0 unspecified atom stereocenters. The monoisotopic (exact) mass is 450 g/mol. The van der Waals surface area contributed by atoms with E-state index in [1.54, 1.807) is 42.5 Å². The van der Waals surface area contributed by atoms with E-state index in [1.165, 1.54) is 17.2 Å². The van der Waals surface area contributed by atoms with Crippen molar-refractivity contribution < 1.29 is 9.53 Å². The number of nitrogens with zero attached hydrogens (tertiary/aromatic N) is 1. The fourth-order valence-corrected chi connectivity index (χ4v) is 3.45. The van der Waals surface area contributed by atoms with Crippen LogP contribution in [-0.4, -0.2) is 5.91 Å². The zero-order valence-corrected chi connectivity index (χ0v) is 18.6. The maximum Gasteiger partial charge on any atom is 0.266 e. The van der Waals surface area contributed by atoms with Crippen molar-refractivity contribution in [3.05, 3.63) is 98.5 Å². The van der Waals surface area contributed by atoms with Crippen LogP contribution < -0.4 is 10.1 Å². The zero-order chi connectivity index (χ0) is 22.4. The Bertz CT molecular complexity index is 1160. The van der Waals surface area contributed by atoms with Crippen LogP contribution in [-0.2, 0) is 11.4 Å². The Morgan fingerprint density at radius 3 is 2.32 bits per heavy atom. The van der Waals surface area contributed by atoms with Crippen molar-refractivity contribution in [2.45, 2.75) is 20.5 Å². The molecule has 3 rings (SSSR count). The summed E-state index contributed by atoms with van der Waals surface area (Å²) in [5.41, 5.74) is 4.52. The van der Waals surface area contributed by atoms with Gasteiger partial charge in [0.2, 0.25) is 0 Å². The van der Waals surface area contributed by atoms with Crippen LogP contribution in [0.2, 0.25) is 10.0 Å². The first-order valence-electron chi connectivity index (χ1n) is 9.52. The van der Waals surface area contributed by atoms with Crippen molar-refractivity contribution in [1.82, 2.24) is 0 Å². The maximum atomic E-state index is 12.4. The summed E-state index contributed by atoms with van der Waals surface area (Å²) >= 11 is 12.2. The van der Waals surface area contributed by atoms with E-state index in [0.29, 0.717) is 33.7 Å². The molecule has 3 aromatic rings. The van der Waals surface area contributed by atoms with Gasteiger partial charge >= 0.3 is 0 Å². The Balaban J connectivity index is 1.71. The molecular weight excluding hydrogens is 431 g/mol. The van der Waals surface area contributed by atoms with Gasteiger partial charge in [-0.25, -0.2) is 0 Å². The van der Waals surface area contributed by atoms with Gasteiger partial charge in [0.25, 0.3) is 5.91 Å². The lowest BCUT2D eigenvalue weighted by Gasteiger charge is -2.10. The maximum absolute atomic E-state index is 12.4. The summed E-state index contributed by atoms with van der Waals surface area (Å²) in [5.74, 6) is 0.0122. The number of hydrogen-bond donors (Lipinski definition) is 1. The van der Waals surface area contributed by atoms with Crippen LogP contribution in [0.25, 0.3) is 6.08 Å². The molecule has 0 fully saturated rings. The molecule has 3 aromatic carbocycles. The molecule has 0 aliphatic carbocycles. The lowest BCUT2D eigenvalue weighted by Crippen LogP contribution is -2.13. The van der Waals surface area contributed by atoms with Gasteiger partial charge in [0.05, 0.1) is 5.02 Å². The first kappa shape index (κ1) is 22.4. The molecule has 156 valence electrons. The Labute approximate surface area is 191 Å². The minimum Gasteiger partial charge on any atom is -0.487 e. The van der Waals surface area contributed by atoms with Gasteiger partial charge in [0.1, 0.15) is 24.0 Å². The highest BCUT2D eigenvalue weighted by Crippen LogP contribution is 2.27. The number of amides is 1. The average Bonchev–Trinajstić information content (AvgIpc) is 2.72. The topological polar surface area (TPSA) is 62.1 Å². The van der Waals surface area contributed by atoms with Crippen LogP contribution in [0.3, 0.4) is 0 Å². The second kappa shape index (κ2) is 10.2. The van der Waals surface area contributed by atoms with Crippen LogP contribution in [0.15, 0.2) is 66.2 Å². The molecule has 0 aromatic heterocycles. The van der Waals surface area contributed by atoms with Gasteiger partial charge in [-0.15, -0.1) is 0 Å². The van der Waals surface area contributed by atoms with Crippen molar-refractivity contribution in [2.75, 3.05) is 5.32 Å². The van der Waals surface area contributed by atoms with Crippen LogP contribution >= 0.6 is 23.2 Å². The summed E-state index contributed by atoms with van der Waals surface area (Å²) in [7, 11) is 0. The molecule has 1 amide bonds. The molecule has 31 heavy (non-hydrogen) atoms. The molecule has 0 spiro atoms. The zero-order valence-electron chi connectivity index (χ0n) is 17.1. The Hall–Kier alpha value is -3.26. The first-order chi connectivity index (χ1) is 14.8. The van der Waals surface area contributed by atoms with Crippen LogP contribution in [0.5, 0.6) is 5.75 Å². The van der Waals surface area contributed by atoms with E-state index in [4.69, 9.17) is 27.9 Å². The highest BCUT2D eigenvalue weighted by atomic mass is 35.5. The first-order valence-corrected chi connectivity index (χ1v) is 10.3. The predicted octanol–water partition coefficient (Wildman–Crippen LogP) is 6.73. The number of nitrogens with one attached hydrogen (secondary N) is 1. The molecule has 0 bridgehead atoms. The minimum atomic E-state index is -0.518. The van der Waals surface area contributed by atoms with Crippen LogP contribution in [0, 0.1) is 25.2 Å². The quantitative estimate of drug-likeness (QED) is 0.334. The summed E-state index contributed by atoms with van der Waals surface area (Å²) in [5, 5.41) is 13.0. The van der Waals surface area contributed by atoms with E-state index in [1.807, 2.05) is 19.9 Å². The number of nitriles is 1. The van der Waals surface area contributed by atoms with E-state index in [2.05, 4.69) is 23.5 Å². The fourth-order valence-electron chi connectivity index (χ4n) is 3.08. The Morgan fingerprint density at radius 1 is 1.03 bits per heavy atom. The number of benzene rings is 3. The van der Waals surface area contributed by atoms with Gasteiger partial charge in [0.15, 0.2) is 0 Å². The molecule has 0 saturated carbocycles. The van der Waals surface area contributed by atoms with E-state index in [0.717, 1.165) is 5.56 Å². The second-order valence-corrected chi connectivity index (χ2v) is 7.95. The average molecular weight is 451 g/mol. The lowest BCUT2D eigenvalue weighted by molar-refractivity contribution is -0.112. The van der Waals surface area contributed by atoms with Gasteiger partial charge < -0.3 is 10.1 Å². The molecule has 4 nitrogen and oxygen atoms in total. The summed E-state index contributed by atoms with van der Waals surface area (Å²) < 4.78 is 5.85. The standard InChI is InChI=1S/C25H20Cl2N2O2/c1-16-9-17(2)11-19(10-16)15-31-24-8-3-18(13-23(24)27)12-20(14-28)25(30)29-22-6-4-21(26)5-7-22/h3-13H,15H2,1-2H3,(H,29,30)/b20-12+. The Morgan fingerprint density at radius 2 is 1.71 bits per heavy atom. The molecular formula is C25H20Cl2N2O2. The lowest BCUT2D eigenvalue weighted by atomic mass is 10.1. The molecule has 0 atom stereocenters. The third-order valence-corrected chi connectivity index (χ3v) is 4.96. The van der Waals surface area contributed by atoms with Crippen molar-refractivity contribution in [2.24, 2.45) is 0 Å². The van der Waals surface area contributed by atoms with Crippen molar-refractivity contribution >= 4 is 40.9 Å². The number of aryl methyl sites for hydroxylation is 2. The van der Waals surface area contributed by atoms with Gasteiger partial charge in [-0.1, -0.05) is 58.6 Å². The highest BCUT2D eigenvalue weighted by Gasteiger charge is 2.11. The fraction of sp³-hybridized carbons (Fsp3) is 0.120. The Kier molecular flexibility index (Phi) is 7.36. The number of carbonyl (C=O) groups excluding carboxylic acids is 1. The number of carbonyl (C=O) groups is 1. The van der Waals surface area contributed by atoms with E-state index in [9.17, 15) is 10.1 Å². The summed E-state index contributed by atoms with van der Waals surface area (Å²) in [4.78, 5) is 12.4. The minimum absolute atomic E-state index is 0.0464. The molecule has 1 N–H and O–H groups in total. The van der Waals surface area contributed by atoms with Crippen molar-refractivity contribution in [3.8, 4) is 11.8 Å².